The highest BCUT2D eigenvalue weighted by atomic mass is 15.3. The van der Waals surface area contributed by atoms with Crippen LogP contribution in [0.4, 0.5) is 0 Å². The molecule has 1 fully saturated rings. The summed E-state index contributed by atoms with van der Waals surface area (Å²) in [6.45, 7) is 6.69. The molecule has 0 spiro atoms. The molecule has 17 heavy (non-hydrogen) atoms. The molecule has 96 valence electrons. The SMILES string of the molecule is CNC1C=C(N2CCCC(C)C2)N=C(C)N1C. The summed E-state index contributed by atoms with van der Waals surface area (Å²) in [6, 6.07) is 0. The van der Waals surface area contributed by atoms with Crippen LogP contribution in [0.3, 0.4) is 0 Å². The Morgan fingerprint density at radius 2 is 2.24 bits per heavy atom. The van der Waals surface area contributed by atoms with Crippen molar-refractivity contribution in [3.63, 3.8) is 0 Å². The molecule has 0 aromatic heterocycles. The van der Waals surface area contributed by atoms with Gasteiger partial charge >= 0.3 is 0 Å². The van der Waals surface area contributed by atoms with Crippen LogP contribution in [-0.2, 0) is 0 Å². The lowest BCUT2D eigenvalue weighted by Gasteiger charge is -2.37. The van der Waals surface area contributed by atoms with Gasteiger partial charge in [-0.3, -0.25) is 5.32 Å². The number of nitrogens with one attached hydrogen (secondary N) is 1. The van der Waals surface area contributed by atoms with E-state index in [1.165, 1.54) is 12.8 Å². The van der Waals surface area contributed by atoms with Gasteiger partial charge in [0.2, 0.25) is 0 Å². The fourth-order valence-corrected chi connectivity index (χ4v) is 2.59. The fourth-order valence-electron chi connectivity index (χ4n) is 2.59. The molecule has 4 heteroatoms. The van der Waals surface area contributed by atoms with Crippen LogP contribution in [0.15, 0.2) is 16.9 Å². The smallest absolute Gasteiger partial charge is 0.129 e. The van der Waals surface area contributed by atoms with Gasteiger partial charge in [0, 0.05) is 20.1 Å². The molecule has 2 atom stereocenters. The van der Waals surface area contributed by atoms with Gasteiger partial charge in [-0.15, -0.1) is 0 Å². The maximum absolute atomic E-state index is 4.71. The molecule has 2 heterocycles. The van der Waals surface area contributed by atoms with Gasteiger partial charge in [-0.1, -0.05) is 6.92 Å². The van der Waals surface area contributed by atoms with Crippen LogP contribution >= 0.6 is 0 Å². The topological polar surface area (TPSA) is 30.9 Å². The van der Waals surface area contributed by atoms with Gasteiger partial charge in [-0.05, 0) is 38.8 Å². The van der Waals surface area contributed by atoms with Crippen LogP contribution in [0.25, 0.3) is 0 Å². The minimum Gasteiger partial charge on any atom is -0.356 e. The molecule has 1 saturated heterocycles. The van der Waals surface area contributed by atoms with Gasteiger partial charge in [-0.2, -0.15) is 0 Å². The van der Waals surface area contributed by atoms with Crippen LogP contribution in [-0.4, -0.2) is 49.0 Å². The molecular formula is C13H24N4. The van der Waals surface area contributed by atoms with Crippen molar-refractivity contribution in [3.05, 3.63) is 11.9 Å². The lowest BCUT2D eigenvalue weighted by atomic mass is 10.0. The number of likely N-dealkylation sites (N-methyl/N-ethyl adjacent to an activating group) is 2. The van der Waals surface area contributed by atoms with Crippen molar-refractivity contribution in [3.8, 4) is 0 Å². The molecule has 0 bridgehead atoms. The molecule has 0 saturated carbocycles. The quantitative estimate of drug-likeness (QED) is 0.787. The Kier molecular flexibility index (Phi) is 3.72. The predicted octanol–water partition coefficient (Wildman–Crippen LogP) is 1.47. The predicted molar refractivity (Wildman–Crippen MR) is 71.8 cm³/mol. The summed E-state index contributed by atoms with van der Waals surface area (Å²) in [7, 11) is 4.07. The van der Waals surface area contributed by atoms with E-state index < -0.39 is 0 Å². The monoisotopic (exact) mass is 236 g/mol. The van der Waals surface area contributed by atoms with Gasteiger partial charge in [0.05, 0.1) is 0 Å². The second-order valence-electron chi connectivity index (χ2n) is 5.22. The van der Waals surface area contributed by atoms with E-state index in [0.717, 1.165) is 30.7 Å². The van der Waals surface area contributed by atoms with E-state index in [-0.39, 0.29) is 6.17 Å². The van der Waals surface area contributed by atoms with Crippen LogP contribution in [0.5, 0.6) is 0 Å². The van der Waals surface area contributed by atoms with Crippen molar-refractivity contribution < 1.29 is 0 Å². The maximum atomic E-state index is 4.71. The highest BCUT2D eigenvalue weighted by Gasteiger charge is 2.23. The molecule has 2 aliphatic heterocycles. The second kappa shape index (κ2) is 5.08. The van der Waals surface area contributed by atoms with E-state index in [4.69, 9.17) is 4.99 Å². The average molecular weight is 236 g/mol. The lowest BCUT2D eigenvalue weighted by Crippen LogP contribution is -2.47. The van der Waals surface area contributed by atoms with Crippen molar-refractivity contribution in [1.29, 1.82) is 0 Å². The number of rotatable bonds is 2. The Morgan fingerprint density at radius 3 is 2.88 bits per heavy atom. The molecule has 0 amide bonds. The van der Waals surface area contributed by atoms with E-state index in [0.29, 0.717) is 0 Å². The molecule has 0 aromatic carbocycles. The number of piperidine rings is 1. The summed E-state index contributed by atoms with van der Waals surface area (Å²) < 4.78 is 0. The minimum absolute atomic E-state index is 0.264. The largest absolute Gasteiger partial charge is 0.356 e. The van der Waals surface area contributed by atoms with E-state index in [9.17, 15) is 0 Å². The zero-order valence-corrected chi connectivity index (χ0v) is 11.4. The standard InChI is InChI=1S/C13H24N4/c1-10-6-5-7-17(9-10)13-8-12(14-3)16(4)11(2)15-13/h8,10,12,14H,5-7,9H2,1-4H3. The first-order valence-electron chi connectivity index (χ1n) is 6.54. The molecule has 2 aliphatic rings. The van der Waals surface area contributed by atoms with E-state index >= 15 is 0 Å². The molecule has 2 rings (SSSR count). The molecule has 4 nitrogen and oxygen atoms in total. The first-order valence-corrected chi connectivity index (χ1v) is 6.54. The number of hydrogen-bond acceptors (Lipinski definition) is 4. The van der Waals surface area contributed by atoms with Crippen molar-refractivity contribution in [2.24, 2.45) is 10.9 Å². The average Bonchev–Trinajstić information content (AvgIpc) is 2.32. The summed E-state index contributed by atoms with van der Waals surface area (Å²) in [5.74, 6) is 3.01. The Bertz CT molecular complexity index is 334. The van der Waals surface area contributed by atoms with E-state index in [1.54, 1.807) is 0 Å². The fraction of sp³-hybridized carbons (Fsp3) is 0.769. The van der Waals surface area contributed by atoms with Crippen LogP contribution in [0, 0.1) is 5.92 Å². The Hall–Kier alpha value is -1.03. The first kappa shape index (κ1) is 12.4. The Balaban J connectivity index is 2.14. The molecule has 2 unspecified atom stereocenters. The minimum atomic E-state index is 0.264. The number of aliphatic imine (C=N–C) groups is 1. The van der Waals surface area contributed by atoms with Gasteiger partial charge in [0.15, 0.2) is 0 Å². The van der Waals surface area contributed by atoms with Gasteiger partial charge < -0.3 is 9.80 Å². The van der Waals surface area contributed by atoms with Crippen LogP contribution in [0.2, 0.25) is 0 Å². The highest BCUT2D eigenvalue weighted by Crippen LogP contribution is 2.22. The third-order valence-electron chi connectivity index (χ3n) is 3.79. The third kappa shape index (κ3) is 2.63. The molecule has 0 aliphatic carbocycles. The highest BCUT2D eigenvalue weighted by molar-refractivity contribution is 5.81. The van der Waals surface area contributed by atoms with Crippen LogP contribution in [0.1, 0.15) is 26.7 Å². The molecular weight excluding hydrogens is 212 g/mol. The zero-order chi connectivity index (χ0) is 12.4. The zero-order valence-electron chi connectivity index (χ0n) is 11.4. The van der Waals surface area contributed by atoms with Gasteiger partial charge in [0.1, 0.15) is 17.8 Å². The normalized spacial score (nSPS) is 30.1. The Labute approximate surface area is 104 Å². The summed E-state index contributed by atoms with van der Waals surface area (Å²) in [5.41, 5.74) is 0. The summed E-state index contributed by atoms with van der Waals surface area (Å²) in [6.07, 6.45) is 5.12. The van der Waals surface area contributed by atoms with Crippen molar-refractivity contribution in [1.82, 2.24) is 15.1 Å². The van der Waals surface area contributed by atoms with Gasteiger partial charge in [-0.25, -0.2) is 4.99 Å². The third-order valence-corrected chi connectivity index (χ3v) is 3.79. The number of amidine groups is 1. The van der Waals surface area contributed by atoms with E-state index in [2.05, 4.69) is 42.1 Å². The lowest BCUT2D eigenvalue weighted by molar-refractivity contribution is 0.220. The summed E-state index contributed by atoms with van der Waals surface area (Å²) in [4.78, 5) is 9.30. The number of hydrogen-bond donors (Lipinski definition) is 1. The first-order chi connectivity index (χ1) is 8.11. The summed E-state index contributed by atoms with van der Waals surface area (Å²) in [5, 5.41) is 3.31. The molecule has 0 aromatic rings. The van der Waals surface area contributed by atoms with E-state index in [1.807, 2.05) is 7.05 Å². The number of nitrogens with zero attached hydrogens (tertiary/aromatic N) is 3. The number of likely N-dealkylation sites (tertiary alicyclic amines) is 1. The maximum Gasteiger partial charge on any atom is 0.129 e. The van der Waals surface area contributed by atoms with Crippen molar-refractivity contribution in [2.75, 3.05) is 27.2 Å². The van der Waals surface area contributed by atoms with Crippen molar-refractivity contribution >= 4 is 5.84 Å². The van der Waals surface area contributed by atoms with Gasteiger partial charge in [0.25, 0.3) is 0 Å². The molecule has 1 N–H and O–H groups in total. The molecule has 0 radical (unpaired) electrons. The van der Waals surface area contributed by atoms with Crippen molar-refractivity contribution in [2.45, 2.75) is 32.9 Å². The van der Waals surface area contributed by atoms with Crippen LogP contribution < -0.4 is 5.32 Å². The second-order valence-corrected chi connectivity index (χ2v) is 5.22. The Morgan fingerprint density at radius 1 is 1.47 bits per heavy atom. The summed E-state index contributed by atoms with van der Waals surface area (Å²) >= 11 is 0.